The third-order valence-electron chi connectivity index (χ3n) is 2.55. The van der Waals surface area contributed by atoms with E-state index in [1.807, 2.05) is 6.92 Å². The zero-order chi connectivity index (χ0) is 13.3. The predicted octanol–water partition coefficient (Wildman–Crippen LogP) is -0.222. The van der Waals surface area contributed by atoms with Gasteiger partial charge in [-0.25, -0.2) is 15.6 Å². The second kappa shape index (κ2) is 4.46. The summed E-state index contributed by atoms with van der Waals surface area (Å²) in [6.07, 6.45) is 0. The van der Waals surface area contributed by atoms with Gasteiger partial charge >= 0.3 is 6.03 Å². The van der Waals surface area contributed by atoms with Crippen LogP contribution in [0.3, 0.4) is 0 Å². The summed E-state index contributed by atoms with van der Waals surface area (Å²) in [5, 5.41) is 1.35. The summed E-state index contributed by atoms with van der Waals surface area (Å²) in [5.41, 5.74) is 3.75. The standard InChI is InChI=1S/C11H12N4O3/c1-7-2-4-8(5-3-7)10(17)13-14-6-9(16)15(12)11(14)18/h2-5H,6,12H2,1H3,(H,13,17). The van der Waals surface area contributed by atoms with Crippen LogP contribution < -0.4 is 11.3 Å². The molecule has 7 nitrogen and oxygen atoms in total. The first-order chi connectivity index (χ1) is 8.49. The minimum atomic E-state index is -0.750. The van der Waals surface area contributed by atoms with E-state index in [9.17, 15) is 14.4 Å². The van der Waals surface area contributed by atoms with Crippen LogP contribution in [0.1, 0.15) is 15.9 Å². The molecule has 3 N–H and O–H groups in total. The average Bonchev–Trinajstić information content (AvgIpc) is 2.58. The molecule has 4 amide bonds. The Bertz CT molecular complexity index is 512. The van der Waals surface area contributed by atoms with Gasteiger partial charge in [0.25, 0.3) is 11.8 Å². The maximum atomic E-state index is 11.8. The predicted molar refractivity (Wildman–Crippen MR) is 61.8 cm³/mol. The van der Waals surface area contributed by atoms with Crippen molar-refractivity contribution in [1.82, 2.24) is 15.4 Å². The molecule has 1 aromatic rings. The topological polar surface area (TPSA) is 95.7 Å². The van der Waals surface area contributed by atoms with E-state index in [0.717, 1.165) is 10.6 Å². The second-order valence-corrected chi connectivity index (χ2v) is 3.94. The number of hydrazine groups is 2. The Kier molecular flexibility index (Phi) is 2.99. The van der Waals surface area contributed by atoms with E-state index in [-0.39, 0.29) is 6.54 Å². The van der Waals surface area contributed by atoms with Crippen molar-refractivity contribution in [2.24, 2.45) is 5.84 Å². The number of nitrogens with zero attached hydrogens (tertiary/aromatic N) is 2. The Morgan fingerprint density at radius 1 is 1.28 bits per heavy atom. The number of nitrogens with one attached hydrogen (secondary N) is 1. The monoisotopic (exact) mass is 248 g/mol. The number of rotatable bonds is 2. The van der Waals surface area contributed by atoms with Crippen molar-refractivity contribution in [2.45, 2.75) is 6.92 Å². The van der Waals surface area contributed by atoms with Crippen LogP contribution in [-0.4, -0.2) is 34.4 Å². The largest absolute Gasteiger partial charge is 0.360 e. The van der Waals surface area contributed by atoms with Crippen LogP contribution >= 0.6 is 0 Å². The number of nitrogens with two attached hydrogens (primary N) is 1. The summed E-state index contributed by atoms with van der Waals surface area (Å²) in [4.78, 5) is 34.4. The lowest BCUT2D eigenvalue weighted by atomic mass is 10.1. The molecule has 0 saturated carbocycles. The Labute approximate surface area is 103 Å². The minimum absolute atomic E-state index is 0.257. The molecule has 1 fully saturated rings. The highest BCUT2D eigenvalue weighted by molar-refractivity contribution is 6.03. The third kappa shape index (κ3) is 2.16. The molecular formula is C11H12N4O3. The van der Waals surface area contributed by atoms with Crippen LogP contribution in [0, 0.1) is 6.92 Å². The van der Waals surface area contributed by atoms with Crippen LogP contribution in [0.4, 0.5) is 4.79 Å². The quantitative estimate of drug-likeness (QED) is 0.429. The Morgan fingerprint density at radius 2 is 1.89 bits per heavy atom. The molecule has 0 aromatic heterocycles. The first-order valence-electron chi connectivity index (χ1n) is 5.26. The maximum Gasteiger partial charge on any atom is 0.360 e. The van der Waals surface area contributed by atoms with E-state index in [1.54, 1.807) is 24.3 Å². The Balaban J connectivity index is 2.06. The van der Waals surface area contributed by atoms with Crippen molar-refractivity contribution >= 4 is 17.8 Å². The van der Waals surface area contributed by atoms with E-state index in [4.69, 9.17) is 5.84 Å². The summed E-state index contributed by atoms with van der Waals surface area (Å²) in [5.74, 6) is 4.16. The molecule has 1 aliphatic heterocycles. The summed E-state index contributed by atoms with van der Waals surface area (Å²) in [6, 6.07) is 6.07. The van der Waals surface area contributed by atoms with Gasteiger partial charge in [-0.05, 0) is 19.1 Å². The van der Waals surface area contributed by atoms with Gasteiger partial charge in [0.1, 0.15) is 6.54 Å². The molecule has 0 unspecified atom stereocenters. The molecule has 0 aliphatic carbocycles. The normalized spacial score (nSPS) is 15.2. The minimum Gasteiger partial charge on any atom is -0.271 e. The van der Waals surface area contributed by atoms with Crippen LogP contribution in [0.15, 0.2) is 24.3 Å². The van der Waals surface area contributed by atoms with Gasteiger partial charge in [0.05, 0.1) is 0 Å². The number of aryl methyl sites for hydroxylation is 1. The molecule has 0 bridgehead atoms. The zero-order valence-electron chi connectivity index (χ0n) is 9.71. The van der Waals surface area contributed by atoms with Crippen molar-refractivity contribution in [1.29, 1.82) is 0 Å². The van der Waals surface area contributed by atoms with Crippen LogP contribution in [0.25, 0.3) is 0 Å². The van der Waals surface area contributed by atoms with Gasteiger partial charge in [-0.1, -0.05) is 17.7 Å². The number of carbonyl (C=O) groups is 3. The molecular weight excluding hydrogens is 236 g/mol. The van der Waals surface area contributed by atoms with Gasteiger partial charge in [0.15, 0.2) is 0 Å². The first-order valence-corrected chi connectivity index (χ1v) is 5.26. The fraction of sp³-hybridized carbons (Fsp3) is 0.182. The van der Waals surface area contributed by atoms with Crippen LogP contribution in [-0.2, 0) is 4.79 Å². The van der Waals surface area contributed by atoms with E-state index in [0.29, 0.717) is 10.6 Å². The van der Waals surface area contributed by atoms with Gasteiger partial charge in [-0.15, -0.1) is 0 Å². The highest BCUT2D eigenvalue weighted by Crippen LogP contribution is 2.06. The highest BCUT2D eigenvalue weighted by Gasteiger charge is 2.35. The van der Waals surface area contributed by atoms with Gasteiger partial charge < -0.3 is 0 Å². The summed E-state index contributed by atoms with van der Waals surface area (Å²) >= 11 is 0. The SMILES string of the molecule is Cc1ccc(C(=O)NN2CC(=O)N(N)C2=O)cc1. The number of amides is 4. The number of hydrogen-bond donors (Lipinski definition) is 2. The first kappa shape index (κ1) is 12.1. The number of benzene rings is 1. The number of carbonyl (C=O) groups excluding carboxylic acids is 3. The number of hydrogen-bond acceptors (Lipinski definition) is 4. The van der Waals surface area contributed by atoms with Gasteiger partial charge in [0.2, 0.25) is 0 Å². The van der Waals surface area contributed by atoms with Crippen molar-refractivity contribution < 1.29 is 14.4 Å². The van der Waals surface area contributed by atoms with Gasteiger partial charge in [-0.3, -0.25) is 15.0 Å². The zero-order valence-corrected chi connectivity index (χ0v) is 9.71. The average molecular weight is 248 g/mol. The molecule has 1 aromatic carbocycles. The molecule has 0 spiro atoms. The smallest absolute Gasteiger partial charge is 0.271 e. The summed E-state index contributed by atoms with van der Waals surface area (Å²) in [6.45, 7) is 1.64. The van der Waals surface area contributed by atoms with Crippen molar-refractivity contribution in [3.8, 4) is 0 Å². The molecule has 94 valence electrons. The second-order valence-electron chi connectivity index (χ2n) is 3.94. The lowest BCUT2D eigenvalue weighted by Crippen LogP contribution is -2.46. The molecule has 1 saturated heterocycles. The van der Waals surface area contributed by atoms with Gasteiger partial charge in [0, 0.05) is 5.56 Å². The number of imide groups is 1. The molecule has 1 heterocycles. The molecule has 18 heavy (non-hydrogen) atoms. The molecule has 2 rings (SSSR count). The molecule has 0 atom stereocenters. The lowest BCUT2D eigenvalue weighted by Gasteiger charge is -2.15. The van der Waals surface area contributed by atoms with Crippen molar-refractivity contribution in [3.05, 3.63) is 35.4 Å². The van der Waals surface area contributed by atoms with Crippen LogP contribution in [0.5, 0.6) is 0 Å². The summed E-state index contributed by atoms with van der Waals surface area (Å²) in [7, 11) is 0. The molecule has 7 heteroatoms. The lowest BCUT2D eigenvalue weighted by molar-refractivity contribution is -0.125. The fourth-order valence-corrected chi connectivity index (χ4v) is 1.50. The van der Waals surface area contributed by atoms with E-state index >= 15 is 0 Å². The van der Waals surface area contributed by atoms with Crippen molar-refractivity contribution in [2.75, 3.05) is 6.54 Å². The number of urea groups is 1. The van der Waals surface area contributed by atoms with Crippen molar-refractivity contribution in [3.63, 3.8) is 0 Å². The van der Waals surface area contributed by atoms with E-state index < -0.39 is 17.8 Å². The highest BCUT2D eigenvalue weighted by atomic mass is 16.2. The maximum absolute atomic E-state index is 11.8. The molecule has 0 radical (unpaired) electrons. The van der Waals surface area contributed by atoms with Gasteiger partial charge in [-0.2, -0.15) is 5.01 Å². The van der Waals surface area contributed by atoms with Crippen LogP contribution in [0.2, 0.25) is 0 Å². The van der Waals surface area contributed by atoms with E-state index in [2.05, 4.69) is 5.43 Å². The van der Waals surface area contributed by atoms with E-state index in [1.165, 1.54) is 0 Å². The third-order valence-corrected chi connectivity index (χ3v) is 2.55. The Morgan fingerprint density at radius 3 is 2.39 bits per heavy atom. The Hall–Kier alpha value is -2.41. The fourth-order valence-electron chi connectivity index (χ4n) is 1.50. The molecule has 1 aliphatic rings. The summed E-state index contributed by atoms with van der Waals surface area (Å²) < 4.78 is 0.